The predicted octanol–water partition coefficient (Wildman–Crippen LogP) is 12.9. The fourth-order valence-corrected chi connectivity index (χ4v) is 9.28. The van der Waals surface area contributed by atoms with E-state index in [1.54, 1.807) is 14.2 Å². The number of aromatic hydroxyl groups is 4. The van der Waals surface area contributed by atoms with Crippen LogP contribution in [-0.2, 0) is 51.4 Å². The van der Waals surface area contributed by atoms with E-state index >= 15 is 0 Å². The zero-order valence-electron chi connectivity index (χ0n) is 36.9. The second kappa shape index (κ2) is 18.0. The van der Waals surface area contributed by atoms with E-state index in [1.807, 2.05) is 146 Å². The van der Waals surface area contributed by atoms with E-state index in [0.29, 0.717) is 48.3 Å². The summed E-state index contributed by atoms with van der Waals surface area (Å²) in [5.74, 6) is 3.28. The van der Waals surface area contributed by atoms with Crippen molar-refractivity contribution in [1.82, 2.24) is 0 Å². The van der Waals surface area contributed by atoms with E-state index in [9.17, 15) is 20.4 Å². The average molecular weight is 875 g/mol. The first kappa shape index (κ1) is 42.1. The standard InChI is InChI=1S/C58H50O8/c1-63-45-21-25-47-41(33-45)15-7-35-9-17-43(18-10-35)65-55-31-39(5-3-37-13-23-49(47)53(59)29-37)27-51(57(55)61)52-28-40-6-4-38-14-24-50(54(60)30-38)48-26-22-46(64-2)34-42(48)16-8-36-11-19-44(20-12-36)66-56(32-40)58(52)62/h9-14,17-34,59-62H,3-8,15-16H2,1-2H3. The number of methoxy groups -OCH3 is 2. The third kappa shape index (κ3) is 8.70. The minimum Gasteiger partial charge on any atom is -0.507 e. The van der Waals surface area contributed by atoms with E-state index in [4.69, 9.17) is 18.9 Å². The van der Waals surface area contributed by atoms with Crippen molar-refractivity contribution in [2.24, 2.45) is 0 Å². The number of phenols is 4. The minimum absolute atomic E-state index is 0.125. The van der Waals surface area contributed by atoms with Crippen LogP contribution >= 0.6 is 0 Å². The number of hydrogen-bond donors (Lipinski definition) is 4. The van der Waals surface area contributed by atoms with Gasteiger partial charge in [-0.2, -0.15) is 0 Å². The molecule has 8 nitrogen and oxygen atoms in total. The molecule has 8 heterocycles. The van der Waals surface area contributed by atoms with Crippen molar-refractivity contribution < 1.29 is 39.4 Å². The Balaban J connectivity index is 1.05. The van der Waals surface area contributed by atoms with Gasteiger partial charge in [-0.15, -0.1) is 0 Å². The van der Waals surface area contributed by atoms with E-state index in [-0.39, 0.29) is 34.5 Å². The quantitative estimate of drug-likeness (QED) is 0.139. The summed E-state index contributed by atoms with van der Waals surface area (Å²) < 4.78 is 24.1. The topological polar surface area (TPSA) is 118 Å². The van der Waals surface area contributed by atoms with Crippen LogP contribution in [0.15, 0.2) is 146 Å². The molecule has 0 aliphatic carbocycles. The van der Waals surface area contributed by atoms with Gasteiger partial charge in [0.2, 0.25) is 0 Å². The lowest BCUT2D eigenvalue weighted by Gasteiger charge is -2.19. The second-order valence-electron chi connectivity index (χ2n) is 17.2. The molecule has 0 saturated heterocycles. The highest BCUT2D eigenvalue weighted by Gasteiger charge is 2.22. The molecule has 8 aliphatic heterocycles. The number of hydrogen-bond acceptors (Lipinski definition) is 8. The molecular weight excluding hydrogens is 825 g/mol. The Bertz CT molecular complexity index is 2890. The molecule has 4 N–H and O–H groups in total. The van der Waals surface area contributed by atoms with Crippen LogP contribution in [0.1, 0.15) is 44.5 Å². The summed E-state index contributed by atoms with van der Waals surface area (Å²) in [7, 11) is 3.32. The zero-order valence-corrected chi connectivity index (χ0v) is 36.9. The number of phenolic OH excluding ortho intramolecular Hbond substituents is 4. The van der Waals surface area contributed by atoms with Crippen LogP contribution < -0.4 is 18.9 Å². The van der Waals surface area contributed by atoms with Gasteiger partial charge in [0.05, 0.1) is 14.2 Å². The van der Waals surface area contributed by atoms with Gasteiger partial charge in [-0.3, -0.25) is 0 Å². The molecular formula is C58H50O8. The van der Waals surface area contributed by atoms with E-state index in [1.165, 1.54) is 0 Å². The molecule has 8 heteroatoms. The Morgan fingerprint density at radius 3 is 1.09 bits per heavy atom. The van der Waals surface area contributed by atoms with Gasteiger partial charge in [0.1, 0.15) is 34.5 Å². The van der Waals surface area contributed by atoms with Crippen molar-refractivity contribution in [2.45, 2.75) is 51.4 Å². The molecule has 16 rings (SSSR count). The van der Waals surface area contributed by atoms with Gasteiger partial charge in [0, 0.05) is 22.3 Å². The Hall–Kier alpha value is -7.84. The van der Waals surface area contributed by atoms with Gasteiger partial charge in [-0.25, -0.2) is 0 Å². The van der Waals surface area contributed by atoms with Gasteiger partial charge in [-0.05, 0) is 192 Å². The summed E-state index contributed by atoms with van der Waals surface area (Å²) in [6, 6.07) is 46.8. The lowest BCUT2D eigenvalue weighted by molar-refractivity contribution is 0.406. The SMILES string of the molecule is COc1ccc2c(c1)CCc1ccc(cc1)Oc1cc(cc(-c3cc4cc(c3O)Oc3ccc(cc3)CCc3cc(OC)ccc3-c3ccc(cc3O)CC4)c1O)CCc1ccc-2c(O)c1. The summed E-state index contributed by atoms with van der Waals surface area (Å²) in [6.07, 6.45) is 5.19. The molecule has 66 heavy (non-hydrogen) atoms. The maximum atomic E-state index is 12.2. The predicted molar refractivity (Wildman–Crippen MR) is 258 cm³/mol. The largest absolute Gasteiger partial charge is 0.507 e. The molecule has 8 aliphatic rings. The summed E-state index contributed by atoms with van der Waals surface area (Å²) >= 11 is 0. The molecule has 0 unspecified atom stereocenters. The van der Waals surface area contributed by atoms with Crippen LogP contribution in [0.4, 0.5) is 0 Å². The van der Waals surface area contributed by atoms with E-state index < -0.39 is 0 Å². The molecule has 0 saturated carbocycles. The van der Waals surface area contributed by atoms with Crippen LogP contribution in [0, 0.1) is 0 Å². The van der Waals surface area contributed by atoms with Crippen molar-refractivity contribution in [3.8, 4) is 90.9 Å². The summed E-state index contributed by atoms with van der Waals surface area (Å²) in [6.45, 7) is 0. The molecule has 8 aromatic rings. The normalized spacial score (nSPS) is 13.3. The van der Waals surface area contributed by atoms with Crippen molar-refractivity contribution in [3.05, 3.63) is 190 Å². The van der Waals surface area contributed by atoms with Gasteiger partial charge in [0.15, 0.2) is 23.0 Å². The number of rotatable bonds is 3. The first-order chi connectivity index (χ1) is 32.2. The number of benzene rings is 8. The molecule has 0 fully saturated rings. The van der Waals surface area contributed by atoms with E-state index in [2.05, 4.69) is 0 Å². The Morgan fingerprint density at radius 1 is 0.333 bits per heavy atom. The summed E-state index contributed by atoms with van der Waals surface area (Å²) in [5.41, 5.74) is 12.2. The third-order valence-corrected chi connectivity index (χ3v) is 13.0. The molecule has 0 radical (unpaired) electrons. The minimum atomic E-state index is -0.125. The van der Waals surface area contributed by atoms with Gasteiger partial charge >= 0.3 is 0 Å². The van der Waals surface area contributed by atoms with E-state index in [0.717, 1.165) is 104 Å². The van der Waals surface area contributed by atoms with Crippen LogP contribution in [-0.4, -0.2) is 34.6 Å². The van der Waals surface area contributed by atoms with Crippen LogP contribution in [0.5, 0.6) is 57.5 Å². The van der Waals surface area contributed by atoms with Crippen molar-refractivity contribution in [2.75, 3.05) is 14.2 Å². The summed E-state index contributed by atoms with van der Waals surface area (Å²) in [4.78, 5) is 0. The van der Waals surface area contributed by atoms with Crippen molar-refractivity contribution in [1.29, 1.82) is 0 Å². The average Bonchev–Trinajstić information content (AvgIpc) is 3.33. The van der Waals surface area contributed by atoms with Crippen LogP contribution in [0.25, 0.3) is 33.4 Å². The molecule has 0 atom stereocenters. The van der Waals surface area contributed by atoms with Gasteiger partial charge < -0.3 is 39.4 Å². The van der Waals surface area contributed by atoms with Gasteiger partial charge in [0.25, 0.3) is 0 Å². The van der Waals surface area contributed by atoms with Crippen LogP contribution in [0.2, 0.25) is 0 Å². The molecule has 0 aromatic heterocycles. The molecule has 12 bridgehead atoms. The fraction of sp³-hybridized carbons (Fsp3) is 0.172. The first-order valence-electron chi connectivity index (χ1n) is 22.4. The number of aryl methyl sites for hydroxylation is 8. The second-order valence-corrected chi connectivity index (χ2v) is 17.2. The maximum Gasteiger partial charge on any atom is 0.169 e. The fourth-order valence-electron chi connectivity index (χ4n) is 9.28. The zero-order chi connectivity index (χ0) is 45.3. The Morgan fingerprint density at radius 2 is 0.697 bits per heavy atom. The Kier molecular flexibility index (Phi) is 11.5. The van der Waals surface area contributed by atoms with Crippen molar-refractivity contribution in [3.63, 3.8) is 0 Å². The van der Waals surface area contributed by atoms with Crippen LogP contribution in [0.3, 0.4) is 0 Å². The Labute approximate surface area is 384 Å². The monoisotopic (exact) mass is 874 g/mol. The molecule has 0 spiro atoms. The van der Waals surface area contributed by atoms with Crippen molar-refractivity contribution >= 4 is 0 Å². The molecule has 8 aromatic carbocycles. The smallest absolute Gasteiger partial charge is 0.169 e. The number of ether oxygens (including phenoxy) is 4. The maximum absolute atomic E-state index is 12.2. The lowest BCUT2D eigenvalue weighted by atomic mass is 9.91. The summed E-state index contributed by atoms with van der Waals surface area (Å²) in [5, 5.41) is 47.2. The highest BCUT2D eigenvalue weighted by Crippen LogP contribution is 2.48. The lowest BCUT2D eigenvalue weighted by Crippen LogP contribution is -1.99. The highest BCUT2D eigenvalue weighted by molar-refractivity contribution is 5.82. The highest BCUT2D eigenvalue weighted by atomic mass is 16.5. The molecule has 330 valence electrons. The molecule has 0 amide bonds. The first-order valence-corrected chi connectivity index (χ1v) is 22.4. The third-order valence-electron chi connectivity index (χ3n) is 13.0. The van der Waals surface area contributed by atoms with Gasteiger partial charge in [-0.1, -0.05) is 60.7 Å².